The highest BCUT2D eigenvalue weighted by Gasteiger charge is 2.08. The summed E-state index contributed by atoms with van der Waals surface area (Å²) in [4.78, 5) is 21.8. The Balaban J connectivity index is 1.76. The predicted octanol–water partition coefficient (Wildman–Crippen LogP) is 2.25. The van der Waals surface area contributed by atoms with E-state index in [2.05, 4.69) is 15.7 Å². The summed E-state index contributed by atoms with van der Waals surface area (Å²) in [6.07, 6.45) is 3.58. The van der Waals surface area contributed by atoms with E-state index in [9.17, 15) is 14.9 Å². The zero-order valence-corrected chi connectivity index (χ0v) is 12.1. The van der Waals surface area contributed by atoms with E-state index in [1.165, 1.54) is 24.3 Å². The summed E-state index contributed by atoms with van der Waals surface area (Å²) in [7, 11) is 0. The number of nitro benzene ring substituents is 1. The fourth-order valence-electron chi connectivity index (χ4n) is 1.90. The standard InChI is InChI=1S/C14H17N5O3/c1-11(10-18-8-2-7-16-18)9-15-14(20)17-12-3-5-13(6-4-12)19(21)22/h2-8,11H,9-10H2,1H3,(H2,15,17,20)/t11-/m0/s1. The molecule has 2 rings (SSSR count). The van der Waals surface area contributed by atoms with Gasteiger partial charge in [-0.2, -0.15) is 5.10 Å². The number of nitro groups is 1. The first-order valence-electron chi connectivity index (χ1n) is 6.81. The SMILES string of the molecule is C[C@@H](CNC(=O)Nc1ccc([N+](=O)[O-])cc1)Cn1cccn1. The minimum absolute atomic E-state index is 0.0150. The van der Waals surface area contributed by atoms with E-state index in [0.29, 0.717) is 18.8 Å². The third kappa shape index (κ3) is 4.58. The van der Waals surface area contributed by atoms with E-state index in [4.69, 9.17) is 0 Å². The number of hydrogen-bond acceptors (Lipinski definition) is 4. The Kier molecular flexibility index (Phi) is 5.07. The van der Waals surface area contributed by atoms with Crippen molar-refractivity contribution in [3.8, 4) is 0 Å². The number of anilines is 1. The van der Waals surface area contributed by atoms with Gasteiger partial charge in [0, 0.05) is 43.3 Å². The molecule has 1 atom stereocenters. The molecular formula is C14H17N5O3. The molecule has 0 fully saturated rings. The van der Waals surface area contributed by atoms with Gasteiger partial charge in [-0.25, -0.2) is 4.79 Å². The number of amides is 2. The second kappa shape index (κ2) is 7.21. The minimum atomic E-state index is -0.485. The molecule has 8 heteroatoms. The molecule has 1 aromatic carbocycles. The van der Waals surface area contributed by atoms with Crippen LogP contribution in [0.5, 0.6) is 0 Å². The molecule has 22 heavy (non-hydrogen) atoms. The molecule has 116 valence electrons. The summed E-state index contributed by atoms with van der Waals surface area (Å²) in [5.41, 5.74) is 0.488. The van der Waals surface area contributed by atoms with Crippen LogP contribution in [0.1, 0.15) is 6.92 Å². The van der Waals surface area contributed by atoms with Gasteiger partial charge in [-0.05, 0) is 24.1 Å². The number of non-ortho nitro benzene ring substituents is 1. The number of carbonyl (C=O) groups is 1. The molecule has 2 N–H and O–H groups in total. The highest BCUT2D eigenvalue weighted by Crippen LogP contribution is 2.15. The highest BCUT2D eigenvalue weighted by molar-refractivity contribution is 5.89. The number of nitrogens with zero attached hydrogens (tertiary/aromatic N) is 3. The molecular weight excluding hydrogens is 286 g/mol. The van der Waals surface area contributed by atoms with Crippen LogP contribution in [0.4, 0.5) is 16.2 Å². The van der Waals surface area contributed by atoms with E-state index < -0.39 is 4.92 Å². The summed E-state index contributed by atoms with van der Waals surface area (Å²) < 4.78 is 1.81. The number of rotatable bonds is 6. The van der Waals surface area contributed by atoms with Gasteiger partial charge in [-0.15, -0.1) is 0 Å². The Morgan fingerprint density at radius 1 is 1.41 bits per heavy atom. The van der Waals surface area contributed by atoms with Crippen LogP contribution < -0.4 is 10.6 Å². The average Bonchev–Trinajstić information content (AvgIpc) is 2.98. The average molecular weight is 303 g/mol. The molecule has 0 spiro atoms. The fraction of sp³-hybridized carbons (Fsp3) is 0.286. The van der Waals surface area contributed by atoms with Crippen LogP contribution >= 0.6 is 0 Å². The number of nitrogens with one attached hydrogen (secondary N) is 2. The van der Waals surface area contributed by atoms with Crippen LogP contribution in [0.2, 0.25) is 0 Å². The van der Waals surface area contributed by atoms with Gasteiger partial charge in [-0.3, -0.25) is 14.8 Å². The quantitative estimate of drug-likeness (QED) is 0.631. The Hall–Kier alpha value is -2.90. The van der Waals surface area contributed by atoms with Crippen LogP contribution in [-0.4, -0.2) is 27.3 Å². The zero-order chi connectivity index (χ0) is 15.9. The topological polar surface area (TPSA) is 102 Å². The van der Waals surface area contributed by atoms with Gasteiger partial charge in [0.25, 0.3) is 5.69 Å². The van der Waals surface area contributed by atoms with Gasteiger partial charge in [0.1, 0.15) is 0 Å². The van der Waals surface area contributed by atoms with Crippen molar-refractivity contribution >= 4 is 17.4 Å². The van der Waals surface area contributed by atoms with Crippen molar-refractivity contribution in [1.82, 2.24) is 15.1 Å². The van der Waals surface area contributed by atoms with Crippen molar-refractivity contribution in [3.05, 3.63) is 52.8 Å². The first-order valence-corrected chi connectivity index (χ1v) is 6.81. The van der Waals surface area contributed by atoms with Gasteiger partial charge >= 0.3 is 6.03 Å². The lowest BCUT2D eigenvalue weighted by molar-refractivity contribution is -0.384. The van der Waals surface area contributed by atoms with Gasteiger partial charge < -0.3 is 10.6 Å². The van der Waals surface area contributed by atoms with Crippen molar-refractivity contribution in [2.45, 2.75) is 13.5 Å². The molecule has 0 radical (unpaired) electrons. The third-order valence-corrected chi connectivity index (χ3v) is 3.00. The molecule has 0 bridgehead atoms. The third-order valence-electron chi connectivity index (χ3n) is 3.00. The van der Waals surface area contributed by atoms with Gasteiger partial charge in [0.15, 0.2) is 0 Å². The Labute approximate surface area is 127 Å². The normalized spacial score (nSPS) is 11.7. The van der Waals surface area contributed by atoms with Crippen molar-refractivity contribution in [2.75, 3.05) is 11.9 Å². The maximum absolute atomic E-state index is 11.8. The first kappa shape index (κ1) is 15.5. The molecule has 0 aliphatic carbocycles. The predicted molar refractivity (Wildman–Crippen MR) is 81.5 cm³/mol. The van der Waals surface area contributed by atoms with E-state index in [-0.39, 0.29) is 17.6 Å². The van der Waals surface area contributed by atoms with Crippen molar-refractivity contribution in [1.29, 1.82) is 0 Å². The van der Waals surface area contributed by atoms with Gasteiger partial charge in [0.05, 0.1) is 4.92 Å². The molecule has 2 aromatic rings. The monoisotopic (exact) mass is 303 g/mol. The van der Waals surface area contributed by atoms with Crippen molar-refractivity contribution in [3.63, 3.8) is 0 Å². The summed E-state index contributed by atoms with van der Waals surface area (Å²) in [6.45, 7) is 3.22. The summed E-state index contributed by atoms with van der Waals surface area (Å²) >= 11 is 0. The minimum Gasteiger partial charge on any atom is -0.338 e. The zero-order valence-electron chi connectivity index (χ0n) is 12.1. The van der Waals surface area contributed by atoms with Gasteiger partial charge in [0.2, 0.25) is 0 Å². The van der Waals surface area contributed by atoms with Crippen molar-refractivity contribution in [2.24, 2.45) is 5.92 Å². The largest absolute Gasteiger partial charge is 0.338 e. The Morgan fingerprint density at radius 2 is 2.14 bits per heavy atom. The van der Waals surface area contributed by atoms with Crippen molar-refractivity contribution < 1.29 is 9.72 Å². The summed E-state index contributed by atoms with van der Waals surface area (Å²) in [6, 6.07) is 7.17. The highest BCUT2D eigenvalue weighted by atomic mass is 16.6. The van der Waals surface area contributed by atoms with Gasteiger partial charge in [-0.1, -0.05) is 6.92 Å². The molecule has 0 unspecified atom stereocenters. The van der Waals surface area contributed by atoms with Crippen LogP contribution in [0.15, 0.2) is 42.7 Å². The molecule has 2 amide bonds. The van der Waals surface area contributed by atoms with Crippen LogP contribution in [-0.2, 0) is 6.54 Å². The lowest BCUT2D eigenvalue weighted by Crippen LogP contribution is -2.33. The molecule has 0 saturated carbocycles. The number of urea groups is 1. The summed E-state index contributed by atoms with van der Waals surface area (Å²) in [5, 5.41) is 20.0. The van der Waals surface area contributed by atoms with E-state index in [0.717, 1.165) is 0 Å². The van der Waals surface area contributed by atoms with E-state index >= 15 is 0 Å². The second-order valence-corrected chi connectivity index (χ2v) is 4.97. The second-order valence-electron chi connectivity index (χ2n) is 4.97. The maximum atomic E-state index is 11.8. The first-order chi connectivity index (χ1) is 10.5. The molecule has 0 aliphatic rings. The van der Waals surface area contributed by atoms with Crippen LogP contribution in [0.3, 0.4) is 0 Å². The maximum Gasteiger partial charge on any atom is 0.319 e. The molecule has 8 nitrogen and oxygen atoms in total. The molecule has 0 aliphatic heterocycles. The lowest BCUT2D eigenvalue weighted by atomic mass is 10.2. The van der Waals surface area contributed by atoms with Crippen LogP contribution in [0, 0.1) is 16.0 Å². The molecule has 1 aromatic heterocycles. The number of carbonyl (C=O) groups excluding carboxylic acids is 1. The molecule has 0 saturated heterocycles. The number of benzene rings is 1. The lowest BCUT2D eigenvalue weighted by Gasteiger charge is -2.13. The smallest absolute Gasteiger partial charge is 0.319 e. The van der Waals surface area contributed by atoms with Crippen LogP contribution in [0.25, 0.3) is 0 Å². The van der Waals surface area contributed by atoms with E-state index in [1.807, 2.05) is 19.2 Å². The number of hydrogen-bond donors (Lipinski definition) is 2. The number of aromatic nitrogens is 2. The Bertz CT molecular complexity index is 624. The van der Waals surface area contributed by atoms with E-state index in [1.54, 1.807) is 10.9 Å². The molecule has 1 heterocycles. The fourth-order valence-corrected chi connectivity index (χ4v) is 1.90. The Morgan fingerprint density at radius 3 is 2.73 bits per heavy atom. The summed E-state index contributed by atoms with van der Waals surface area (Å²) in [5.74, 6) is 0.225.